The van der Waals surface area contributed by atoms with E-state index in [0.29, 0.717) is 26.0 Å². The molecule has 5 nitrogen and oxygen atoms in total. The predicted molar refractivity (Wildman–Crippen MR) is 112 cm³/mol. The third kappa shape index (κ3) is 3.56. The Morgan fingerprint density at radius 3 is 2.68 bits per heavy atom. The molecule has 2 heterocycles. The van der Waals surface area contributed by atoms with Crippen molar-refractivity contribution in [1.82, 2.24) is 15.1 Å². The summed E-state index contributed by atoms with van der Waals surface area (Å²) in [6.45, 7) is 0. The fourth-order valence-corrected chi connectivity index (χ4v) is 3.84. The van der Waals surface area contributed by atoms with Gasteiger partial charge in [0.05, 0.1) is 17.7 Å². The number of aromatic nitrogens is 2. The molecule has 0 spiro atoms. The molecule has 1 saturated heterocycles. The zero-order chi connectivity index (χ0) is 19.7. The molecule has 0 saturated carbocycles. The molecule has 28 heavy (non-hydrogen) atoms. The van der Waals surface area contributed by atoms with Gasteiger partial charge in [-0.15, -0.1) is 0 Å². The van der Waals surface area contributed by atoms with Gasteiger partial charge in [0.1, 0.15) is 10.0 Å². The van der Waals surface area contributed by atoms with Crippen molar-refractivity contribution in [3.8, 4) is 22.7 Å². The van der Waals surface area contributed by atoms with Gasteiger partial charge in [-0.3, -0.25) is 4.79 Å². The summed E-state index contributed by atoms with van der Waals surface area (Å²) in [6, 6.07) is 14.2. The quantitative estimate of drug-likeness (QED) is 0.516. The maximum Gasteiger partial charge on any atom is 0.263 e. The molecule has 1 aliphatic rings. The summed E-state index contributed by atoms with van der Waals surface area (Å²) in [6.07, 6.45) is 3.51. The Bertz CT molecular complexity index is 1110. The largest absolute Gasteiger partial charge is 0.494 e. The Morgan fingerprint density at radius 1 is 1.25 bits per heavy atom. The molecule has 3 aromatic rings. The van der Waals surface area contributed by atoms with Crippen LogP contribution in [0.2, 0.25) is 0 Å². The van der Waals surface area contributed by atoms with Crippen molar-refractivity contribution in [3.05, 3.63) is 71.0 Å². The van der Waals surface area contributed by atoms with Crippen LogP contribution in [0.25, 0.3) is 23.0 Å². The van der Waals surface area contributed by atoms with Crippen LogP contribution in [-0.2, 0) is 4.79 Å². The highest BCUT2D eigenvalue weighted by molar-refractivity contribution is 8.26. The third-order valence-electron chi connectivity index (χ3n) is 4.12. The van der Waals surface area contributed by atoms with Gasteiger partial charge in [0.15, 0.2) is 11.6 Å². The van der Waals surface area contributed by atoms with E-state index in [9.17, 15) is 9.18 Å². The molecular formula is C20H14FN3O2S2. The van der Waals surface area contributed by atoms with Gasteiger partial charge < -0.3 is 10.1 Å². The maximum atomic E-state index is 14.3. The van der Waals surface area contributed by atoms with E-state index in [0.717, 1.165) is 5.69 Å². The number of rotatable bonds is 4. The van der Waals surface area contributed by atoms with Gasteiger partial charge >= 0.3 is 0 Å². The van der Waals surface area contributed by atoms with Crippen LogP contribution in [0.5, 0.6) is 5.75 Å². The highest BCUT2D eigenvalue weighted by atomic mass is 32.2. The third-order valence-corrected chi connectivity index (χ3v) is 5.28. The van der Waals surface area contributed by atoms with Crippen molar-refractivity contribution in [2.24, 2.45) is 0 Å². The molecule has 0 unspecified atom stereocenters. The van der Waals surface area contributed by atoms with Crippen molar-refractivity contribution in [2.75, 3.05) is 7.11 Å². The van der Waals surface area contributed by atoms with Crippen molar-refractivity contribution in [2.45, 2.75) is 0 Å². The number of nitrogens with one attached hydrogen (secondary N) is 1. The van der Waals surface area contributed by atoms with Crippen molar-refractivity contribution in [1.29, 1.82) is 0 Å². The zero-order valence-electron chi connectivity index (χ0n) is 14.7. The van der Waals surface area contributed by atoms with Crippen LogP contribution in [0.1, 0.15) is 5.56 Å². The monoisotopic (exact) mass is 411 g/mol. The number of thiocarbonyl (C=S) groups is 1. The number of halogens is 1. The Morgan fingerprint density at radius 2 is 2.04 bits per heavy atom. The van der Waals surface area contributed by atoms with Crippen LogP contribution in [-0.4, -0.2) is 27.1 Å². The van der Waals surface area contributed by atoms with E-state index in [4.69, 9.17) is 17.0 Å². The van der Waals surface area contributed by atoms with Gasteiger partial charge in [-0.2, -0.15) is 5.10 Å². The molecule has 1 aliphatic heterocycles. The maximum absolute atomic E-state index is 14.3. The lowest BCUT2D eigenvalue weighted by molar-refractivity contribution is -0.115. The number of ether oxygens (including phenoxy) is 1. The number of benzene rings is 2. The zero-order valence-corrected chi connectivity index (χ0v) is 16.3. The molecule has 1 amide bonds. The number of thioether (sulfide) groups is 1. The number of para-hydroxylation sites is 1. The van der Waals surface area contributed by atoms with E-state index in [1.165, 1.54) is 24.9 Å². The molecule has 140 valence electrons. The van der Waals surface area contributed by atoms with Crippen LogP contribution in [0.3, 0.4) is 0 Å². The van der Waals surface area contributed by atoms with Crippen molar-refractivity contribution < 1.29 is 13.9 Å². The van der Waals surface area contributed by atoms with Gasteiger partial charge in [0, 0.05) is 17.3 Å². The van der Waals surface area contributed by atoms with Crippen molar-refractivity contribution >= 4 is 40.3 Å². The molecule has 1 fully saturated rings. The van der Waals surface area contributed by atoms with Crippen LogP contribution in [0.15, 0.2) is 59.6 Å². The lowest BCUT2D eigenvalue weighted by Crippen LogP contribution is -2.17. The van der Waals surface area contributed by atoms with Crippen LogP contribution in [0.4, 0.5) is 4.39 Å². The summed E-state index contributed by atoms with van der Waals surface area (Å²) in [5.74, 6) is -0.585. The first-order chi connectivity index (χ1) is 13.5. The Hall–Kier alpha value is -2.97. The lowest BCUT2D eigenvalue weighted by Gasteiger charge is -2.04. The molecule has 1 aromatic heterocycles. The molecule has 0 aliphatic carbocycles. The summed E-state index contributed by atoms with van der Waals surface area (Å²) in [5.41, 5.74) is 2.65. The second-order valence-corrected chi connectivity index (χ2v) is 7.63. The summed E-state index contributed by atoms with van der Waals surface area (Å²) in [4.78, 5) is 12.5. The number of amides is 1. The highest BCUT2D eigenvalue weighted by Gasteiger charge is 2.23. The second kappa shape index (κ2) is 7.57. The minimum atomic E-state index is -0.484. The average molecular weight is 411 g/mol. The summed E-state index contributed by atoms with van der Waals surface area (Å²) >= 11 is 6.24. The van der Waals surface area contributed by atoms with Gasteiger partial charge in [-0.1, -0.05) is 42.2 Å². The predicted octanol–water partition coefficient (Wildman–Crippen LogP) is 4.18. The first kappa shape index (κ1) is 18.4. The normalized spacial score (nSPS) is 15.1. The van der Waals surface area contributed by atoms with Crippen LogP contribution in [0, 0.1) is 5.82 Å². The SMILES string of the molecule is COc1ccc(-c2nn(-c3ccccc3)cc2/C=C2\SC(=S)NC2=O)cc1F. The number of carbonyl (C=O) groups excluding carboxylic acids is 1. The first-order valence-corrected chi connectivity index (χ1v) is 9.51. The Labute approximate surface area is 170 Å². The molecule has 1 N–H and O–H groups in total. The average Bonchev–Trinajstić information content (AvgIpc) is 3.25. The van der Waals surface area contributed by atoms with Gasteiger partial charge in [0.2, 0.25) is 0 Å². The standard InChI is InChI=1S/C20H14FN3O2S2/c1-26-16-8-7-12(9-15(16)21)18-13(10-17-19(25)22-20(27)28-17)11-24(23-18)14-5-3-2-4-6-14/h2-11H,1H3,(H,22,25,27)/b17-10-. The fourth-order valence-electron chi connectivity index (χ4n) is 2.81. The first-order valence-electron chi connectivity index (χ1n) is 8.29. The Kier molecular flexibility index (Phi) is 4.97. The Balaban J connectivity index is 1.85. The topological polar surface area (TPSA) is 56.1 Å². The molecule has 0 bridgehead atoms. The van der Waals surface area contributed by atoms with Crippen molar-refractivity contribution in [3.63, 3.8) is 0 Å². The van der Waals surface area contributed by atoms with Gasteiger partial charge in [0.25, 0.3) is 5.91 Å². The van der Waals surface area contributed by atoms with E-state index in [-0.39, 0.29) is 11.7 Å². The van der Waals surface area contributed by atoms with Crippen LogP contribution < -0.4 is 10.1 Å². The number of nitrogens with zero attached hydrogens (tertiary/aromatic N) is 2. The van der Waals surface area contributed by atoms with E-state index in [1.54, 1.807) is 29.1 Å². The summed E-state index contributed by atoms with van der Waals surface area (Å²) in [7, 11) is 1.41. The minimum Gasteiger partial charge on any atom is -0.494 e. The number of hydrogen-bond acceptors (Lipinski definition) is 5. The molecule has 8 heteroatoms. The number of hydrogen-bond donors (Lipinski definition) is 1. The van der Waals surface area contributed by atoms with E-state index in [1.807, 2.05) is 30.3 Å². The van der Waals surface area contributed by atoms with Crippen LogP contribution >= 0.6 is 24.0 Å². The smallest absolute Gasteiger partial charge is 0.263 e. The van der Waals surface area contributed by atoms with E-state index >= 15 is 0 Å². The van der Waals surface area contributed by atoms with Gasteiger partial charge in [-0.05, 0) is 36.4 Å². The summed E-state index contributed by atoms with van der Waals surface area (Å²) in [5, 5.41) is 7.22. The lowest BCUT2D eigenvalue weighted by atomic mass is 10.1. The van der Waals surface area contributed by atoms with E-state index < -0.39 is 5.82 Å². The number of methoxy groups -OCH3 is 1. The molecule has 0 atom stereocenters. The fraction of sp³-hybridized carbons (Fsp3) is 0.0500. The molecule has 0 radical (unpaired) electrons. The highest BCUT2D eigenvalue weighted by Crippen LogP contribution is 2.32. The van der Waals surface area contributed by atoms with E-state index in [2.05, 4.69) is 10.4 Å². The molecule has 4 rings (SSSR count). The molecular weight excluding hydrogens is 397 g/mol. The number of carbonyl (C=O) groups is 1. The second-order valence-electron chi connectivity index (χ2n) is 5.91. The van der Waals surface area contributed by atoms with Gasteiger partial charge in [-0.25, -0.2) is 9.07 Å². The summed E-state index contributed by atoms with van der Waals surface area (Å²) < 4.78 is 21.3. The minimum absolute atomic E-state index is 0.155. The molecule has 2 aromatic carbocycles.